The number of benzene rings is 4. The van der Waals surface area contributed by atoms with Crippen LogP contribution in [0.25, 0.3) is 33.4 Å². The Morgan fingerprint density at radius 1 is 0.575 bits per heavy atom. The maximum Gasteiger partial charge on any atom is 0.191 e. The summed E-state index contributed by atoms with van der Waals surface area (Å²) >= 11 is 0. The third-order valence-corrected chi connectivity index (χ3v) is 7.39. The number of ether oxygens (including phenoxy) is 1. The Balaban J connectivity index is 1.46. The van der Waals surface area contributed by atoms with Crippen molar-refractivity contribution >= 4 is 0 Å². The third-order valence-electron chi connectivity index (χ3n) is 7.39. The Hall–Kier alpha value is -3.53. The van der Waals surface area contributed by atoms with Gasteiger partial charge in [0, 0.05) is 5.56 Å². The molecule has 4 heteroatoms. The van der Waals surface area contributed by atoms with Gasteiger partial charge < -0.3 is 4.74 Å². The maximum absolute atomic E-state index is 15.1. The number of aryl methyl sites for hydroxylation is 1. The lowest BCUT2D eigenvalue weighted by atomic mass is 9.96. The molecule has 1 unspecified atom stereocenters. The summed E-state index contributed by atoms with van der Waals surface area (Å²) in [5, 5.41) is 0. The standard InChI is InChI=1S/C36H39F3O/c1-4-6-8-9-10-25(3)40-36-34(38)23-31(24-35(36)39)28-16-18-29(19-17-28)32-21-20-30(22-33(32)37)27-14-12-26(13-15-27)11-7-5-2/h12-25H,4-11H2,1-3H3. The lowest BCUT2D eigenvalue weighted by Crippen LogP contribution is -2.13. The minimum atomic E-state index is -0.723. The summed E-state index contributed by atoms with van der Waals surface area (Å²) in [6.45, 7) is 6.16. The SMILES string of the molecule is CCCCCCC(C)Oc1c(F)cc(-c2ccc(-c3ccc(-c4ccc(CCCC)cc4)cc3F)cc2)cc1F. The van der Waals surface area contributed by atoms with Crippen molar-refractivity contribution in [3.8, 4) is 39.1 Å². The molecule has 0 N–H and O–H groups in total. The molecule has 40 heavy (non-hydrogen) atoms. The molecule has 4 rings (SSSR count). The second kappa shape index (κ2) is 14.2. The van der Waals surface area contributed by atoms with Crippen molar-refractivity contribution in [1.29, 1.82) is 0 Å². The summed E-state index contributed by atoms with van der Waals surface area (Å²) in [5.74, 6) is -2.09. The highest BCUT2D eigenvalue weighted by Crippen LogP contribution is 2.33. The predicted octanol–water partition coefficient (Wildman–Crippen LogP) is 11.2. The summed E-state index contributed by atoms with van der Waals surface area (Å²) in [6, 6.07) is 23.2. The summed E-state index contributed by atoms with van der Waals surface area (Å²) in [7, 11) is 0. The van der Waals surface area contributed by atoms with Crippen molar-refractivity contribution in [2.24, 2.45) is 0 Å². The van der Waals surface area contributed by atoms with Gasteiger partial charge in [-0.3, -0.25) is 0 Å². The van der Waals surface area contributed by atoms with Crippen LogP contribution in [-0.2, 0) is 6.42 Å². The van der Waals surface area contributed by atoms with Gasteiger partial charge in [-0.25, -0.2) is 13.2 Å². The van der Waals surface area contributed by atoms with E-state index in [2.05, 4.69) is 26.0 Å². The van der Waals surface area contributed by atoms with E-state index in [1.54, 1.807) is 36.4 Å². The second-order valence-electron chi connectivity index (χ2n) is 10.6. The maximum atomic E-state index is 15.1. The molecule has 0 bridgehead atoms. The molecule has 0 heterocycles. The molecule has 0 saturated heterocycles. The lowest BCUT2D eigenvalue weighted by molar-refractivity contribution is 0.188. The third kappa shape index (κ3) is 7.56. The van der Waals surface area contributed by atoms with Crippen LogP contribution < -0.4 is 4.74 Å². The van der Waals surface area contributed by atoms with Gasteiger partial charge in [-0.1, -0.05) is 100 Å². The first-order chi connectivity index (χ1) is 19.4. The minimum absolute atomic E-state index is 0.266. The highest BCUT2D eigenvalue weighted by molar-refractivity contribution is 5.74. The highest BCUT2D eigenvalue weighted by Gasteiger charge is 2.17. The molecule has 0 saturated carbocycles. The van der Waals surface area contributed by atoms with Crippen LogP contribution in [-0.4, -0.2) is 6.10 Å². The van der Waals surface area contributed by atoms with Crippen molar-refractivity contribution in [3.63, 3.8) is 0 Å². The lowest BCUT2D eigenvalue weighted by Gasteiger charge is -2.16. The van der Waals surface area contributed by atoms with E-state index in [4.69, 9.17) is 4.74 Å². The molecular weight excluding hydrogens is 505 g/mol. The zero-order chi connectivity index (χ0) is 28.5. The molecule has 210 valence electrons. The fraction of sp³-hybridized carbons (Fsp3) is 0.333. The normalized spacial score (nSPS) is 11.9. The first-order valence-corrected chi connectivity index (χ1v) is 14.5. The Morgan fingerprint density at radius 2 is 1.12 bits per heavy atom. The monoisotopic (exact) mass is 544 g/mol. The topological polar surface area (TPSA) is 9.23 Å². The summed E-state index contributed by atoms with van der Waals surface area (Å²) in [6.07, 6.45) is 8.19. The van der Waals surface area contributed by atoms with Crippen LogP contribution in [0.2, 0.25) is 0 Å². The van der Waals surface area contributed by atoms with Gasteiger partial charge in [0.15, 0.2) is 17.4 Å². The van der Waals surface area contributed by atoms with Crippen molar-refractivity contribution in [3.05, 3.63) is 102 Å². The van der Waals surface area contributed by atoms with Crippen LogP contribution in [0.4, 0.5) is 13.2 Å². The number of halogens is 3. The molecule has 4 aromatic rings. The Morgan fingerprint density at radius 3 is 1.75 bits per heavy atom. The van der Waals surface area contributed by atoms with Crippen LogP contribution in [0.1, 0.15) is 71.3 Å². The van der Waals surface area contributed by atoms with E-state index in [0.29, 0.717) is 22.3 Å². The fourth-order valence-electron chi connectivity index (χ4n) is 4.97. The van der Waals surface area contributed by atoms with E-state index in [1.165, 1.54) is 17.7 Å². The summed E-state index contributed by atoms with van der Waals surface area (Å²) < 4.78 is 50.4. The molecule has 0 aliphatic carbocycles. The molecule has 1 atom stereocenters. The van der Waals surface area contributed by atoms with Crippen molar-refractivity contribution in [1.82, 2.24) is 0 Å². The summed E-state index contributed by atoms with van der Waals surface area (Å²) in [5.41, 5.74) is 5.30. The molecule has 0 amide bonds. The number of hydrogen-bond donors (Lipinski definition) is 0. The van der Waals surface area contributed by atoms with E-state index in [-0.39, 0.29) is 17.7 Å². The zero-order valence-electron chi connectivity index (χ0n) is 23.8. The van der Waals surface area contributed by atoms with Crippen LogP contribution in [0.5, 0.6) is 5.75 Å². The smallest absolute Gasteiger partial charge is 0.191 e. The minimum Gasteiger partial charge on any atom is -0.485 e. The van der Waals surface area contributed by atoms with Crippen LogP contribution >= 0.6 is 0 Å². The van der Waals surface area contributed by atoms with Crippen LogP contribution in [0.3, 0.4) is 0 Å². The number of rotatable bonds is 13. The quantitative estimate of drug-likeness (QED) is 0.152. The zero-order valence-corrected chi connectivity index (χ0v) is 23.8. The van der Waals surface area contributed by atoms with Gasteiger partial charge in [0.2, 0.25) is 0 Å². The molecule has 0 spiro atoms. The van der Waals surface area contributed by atoms with Gasteiger partial charge >= 0.3 is 0 Å². The van der Waals surface area contributed by atoms with Crippen LogP contribution in [0, 0.1) is 17.5 Å². The predicted molar refractivity (Wildman–Crippen MR) is 160 cm³/mol. The highest BCUT2D eigenvalue weighted by atomic mass is 19.1. The van der Waals surface area contributed by atoms with E-state index < -0.39 is 11.6 Å². The van der Waals surface area contributed by atoms with E-state index >= 15 is 4.39 Å². The van der Waals surface area contributed by atoms with Crippen molar-refractivity contribution in [2.75, 3.05) is 0 Å². The molecule has 4 aromatic carbocycles. The molecule has 0 aromatic heterocycles. The van der Waals surface area contributed by atoms with Gasteiger partial charge in [0.25, 0.3) is 0 Å². The molecule has 0 radical (unpaired) electrons. The van der Waals surface area contributed by atoms with Gasteiger partial charge in [-0.15, -0.1) is 0 Å². The second-order valence-corrected chi connectivity index (χ2v) is 10.6. The number of unbranched alkanes of at least 4 members (excludes halogenated alkanes) is 4. The Labute approximate surface area is 237 Å². The first-order valence-electron chi connectivity index (χ1n) is 14.5. The van der Waals surface area contributed by atoms with E-state index in [9.17, 15) is 8.78 Å². The van der Waals surface area contributed by atoms with Gasteiger partial charge in [0.05, 0.1) is 6.10 Å². The summed E-state index contributed by atoms with van der Waals surface area (Å²) in [4.78, 5) is 0. The molecule has 1 nitrogen and oxygen atoms in total. The molecule has 0 aliphatic heterocycles. The van der Waals surface area contributed by atoms with Gasteiger partial charge in [-0.2, -0.15) is 0 Å². The largest absolute Gasteiger partial charge is 0.485 e. The van der Waals surface area contributed by atoms with E-state index in [0.717, 1.165) is 62.5 Å². The van der Waals surface area contributed by atoms with Gasteiger partial charge in [0.1, 0.15) is 5.82 Å². The van der Waals surface area contributed by atoms with Gasteiger partial charge in [-0.05, 0) is 84.2 Å². The average Bonchev–Trinajstić information content (AvgIpc) is 2.96. The molecular formula is C36H39F3O. The Bertz CT molecular complexity index is 1350. The van der Waals surface area contributed by atoms with Crippen molar-refractivity contribution < 1.29 is 17.9 Å². The van der Waals surface area contributed by atoms with Crippen LogP contribution in [0.15, 0.2) is 78.9 Å². The molecule has 0 aliphatic rings. The Kier molecular flexibility index (Phi) is 10.5. The fourth-order valence-corrected chi connectivity index (χ4v) is 4.97. The van der Waals surface area contributed by atoms with E-state index in [1.807, 2.05) is 25.1 Å². The first kappa shape index (κ1) is 29.5. The molecule has 0 fully saturated rings. The van der Waals surface area contributed by atoms with Crippen molar-refractivity contribution in [2.45, 2.75) is 78.2 Å². The average molecular weight is 545 g/mol. The number of hydrogen-bond acceptors (Lipinski definition) is 1.